The van der Waals surface area contributed by atoms with E-state index in [0.29, 0.717) is 12.1 Å². The van der Waals surface area contributed by atoms with Gasteiger partial charge in [-0.25, -0.2) is 4.79 Å². The van der Waals surface area contributed by atoms with Crippen LogP contribution in [-0.2, 0) is 22.4 Å². The monoisotopic (exact) mass is 613 g/mol. The fourth-order valence-corrected chi connectivity index (χ4v) is 5.53. The molecule has 230 valence electrons. The Bertz CT molecular complexity index is 2080. The Kier molecular flexibility index (Phi) is 8.60. The molecule has 10 heteroatoms. The topological polar surface area (TPSA) is 156 Å². The normalized spacial score (nSPS) is 11.7. The fourth-order valence-electron chi connectivity index (χ4n) is 5.53. The zero-order valence-electron chi connectivity index (χ0n) is 24.7. The highest BCUT2D eigenvalue weighted by Gasteiger charge is 2.24. The minimum atomic E-state index is -1.21. The Morgan fingerprint density at radius 2 is 1.15 bits per heavy atom. The predicted molar refractivity (Wildman–Crippen MR) is 177 cm³/mol. The van der Waals surface area contributed by atoms with Gasteiger partial charge in [0, 0.05) is 47.0 Å². The number of carbonyl (C=O) groups is 4. The third-order valence-electron chi connectivity index (χ3n) is 7.86. The number of amides is 3. The Morgan fingerprint density at radius 3 is 1.80 bits per heavy atom. The first-order valence-corrected chi connectivity index (χ1v) is 14.8. The van der Waals surface area contributed by atoms with E-state index in [1.165, 1.54) is 6.07 Å². The van der Waals surface area contributed by atoms with Gasteiger partial charge in [0.1, 0.15) is 6.04 Å². The number of benzene rings is 4. The number of nitrogens with one attached hydrogen (secondary N) is 5. The largest absolute Gasteiger partial charge is 0.480 e. The molecule has 46 heavy (non-hydrogen) atoms. The molecule has 0 aliphatic heterocycles. The van der Waals surface area contributed by atoms with E-state index < -0.39 is 23.8 Å². The number of aryl methyl sites for hydroxylation is 1. The van der Waals surface area contributed by atoms with Crippen LogP contribution in [0.15, 0.2) is 109 Å². The summed E-state index contributed by atoms with van der Waals surface area (Å²) < 4.78 is 0. The van der Waals surface area contributed by atoms with Gasteiger partial charge in [-0.15, -0.1) is 0 Å². The third kappa shape index (κ3) is 6.51. The van der Waals surface area contributed by atoms with Gasteiger partial charge in [0.25, 0.3) is 11.8 Å². The van der Waals surface area contributed by atoms with Crippen LogP contribution in [0.2, 0.25) is 0 Å². The smallest absolute Gasteiger partial charge is 0.326 e. The number of hydrogen-bond donors (Lipinski definition) is 6. The number of carbonyl (C=O) groups excluding carboxylic acids is 3. The average molecular weight is 614 g/mol. The molecule has 4 aromatic carbocycles. The number of aromatic amines is 2. The molecule has 6 rings (SSSR count). The summed E-state index contributed by atoms with van der Waals surface area (Å²) in [5, 5.41) is 20.0. The van der Waals surface area contributed by atoms with Crippen molar-refractivity contribution in [3.63, 3.8) is 0 Å². The lowest BCUT2D eigenvalue weighted by Crippen LogP contribution is -2.42. The first kappa shape index (κ1) is 29.9. The van der Waals surface area contributed by atoms with Crippen LogP contribution >= 0.6 is 0 Å². The number of H-pyrrole nitrogens is 2. The van der Waals surface area contributed by atoms with Gasteiger partial charge in [0.05, 0.1) is 22.5 Å². The molecule has 0 fully saturated rings. The molecule has 1 atom stereocenters. The van der Waals surface area contributed by atoms with Crippen LogP contribution in [0.4, 0.5) is 11.4 Å². The molecule has 3 amide bonds. The Labute approximate surface area is 263 Å². The maximum absolute atomic E-state index is 13.5. The number of carboxylic acid groups (broad SMARTS) is 1. The van der Waals surface area contributed by atoms with Gasteiger partial charge >= 0.3 is 5.97 Å². The van der Waals surface area contributed by atoms with Crippen molar-refractivity contribution in [3.05, 3.63) is 132 Å². The summed E-state index contributed by atoms with van der Waals surface area (Å²) in [6, 6.07) is 27.1. The van der Waals surface area contributed by atoms with Gasteiger partial charge in [-0.2, -0.15) is 0 Å². The van der Waals surface area contributed by atoms with Gasteiger partial charge in [0.2, 0.25) is 5.91 Å². The van der Waals surface area contributed by atoms with Crippen LogP contribution in [0.25, 0.3) is 21.8 Å². The van der Waals surface area contributed by atoms with Crippen LogP contribution in [0.1, 0.15) is 38.3 Å². The van der Waals surface area contributed by atoms with Gasteiger partial charge in [-0.1, -0.05) is 60.7 Å². The van der Waals surface area contributed by atoms with Crippen LogP contribution < -0.4 is 16.0 Å². The van der Waals surface area contributed by atoms with Crippen molar-refractivity contribution in [3.8, 4) is 0 Å². The van der Waals surface area contributed by atoms with Crippen molar-refractivity contribution in [2.45, 2.75) is 25.3 Å². The van der Waals surface area contributed by atoms with E-state index in [9.17, 15) is 24.3 Å². The number of aromatic nitrogens is 2. The lowest BCUT2D eigenvalue weighted by Gasteiger charge is -2.17. The standard InChI is InChI=1S/C36H31N5O5/c42-33(18-17-22-20-37-28-13-5-1-9-24(22)28)39-30-15-7-3-11-26(30)34(43)40-31-16-8-4-12-27(31)35(44)41-32(36(45)46)19-23-21-38-29-14-6-2-10-25(23)29/h1-16,20-21,32,37-38H,17-19H2,(H,39,42)(H,40,43)(H,41,44)(H,45,46)/t32-/m1/s1. The molecule has 0 aliphatic carbocycles. The van der Waals surface area contributed by atoms with E-state index in [-0.39, 0.29) is 35.6 Å². The summed E-state index contributed by atoms with van der Waals surface area (Å²) in [5.41, 5.74) is 4.48. The number of para-hydroxylation sites is 4. The number of anilines is 2. The molecule has 0 unspecified atom stereocenters. The molecule has 0 saturated carbocycles. The minimum Gasteiger partial charge on any atom is -0.480 e. The van der Waals surface area contributed by atoms with Gasteiger partial charge in [-0.3, -0.25) is 14.4 Å². The molecule has 6 N–H and O–H groups in total. The van der Waals surface area contributed by atoms with E-state index in [1.807, 2.05) is 54.7 Å². The van der Waals surface area contributed by atoms with Crippen LogP contribution in [0.5, 0.6) is 0 Å². The Morgan fingerprint density at radius 1 is 0.630 bits per heavy atom. The quantitative estimate of drug-likeness (QED) is 0.107. The summed E-state index contributed by atoms with van der Waals surface area (Å²) in [5.74, 6) is -2.63. The van der Waals surface area contributed by atoms with Gasteiger partial charge in [0.15, 0.2) is 0 Å². The molecular weight excluding hydrogens is 582 g/mol. The Balaban J connectivity index is 1.13. The second kappa shape index (κ2) is 13.2. The lowest BCUT2D eigenvalue weighted by atomic mass is 10.0. The van der Waals surface area contributed by atoms with E-state index in [4.69, 9.17) is 0 Å². The van der Waals surface area contributed by atoms with Crippen molar-refractivity contribution in [2.24, 2.45) is 0 Å². The van der Waals surface area contributed by atoms with Crippen molar-refractivity contribution in [1.82, 2.24) is 15.3 Å². The zero-order chi connectivity index (χ0) is 32.0. The first-order chi connectivity index (χ1) is 22.4. The third-order valence-corrected chi connectivity index (χ3v) is 7.86. The minimum absolute atomic E-state index is 0.0625. The van der Waals surface area contributed by atoms with Gasteiger partial charge < -0.3 is 31.0 Å². The number of aliphatic carboxylic acids is 1. The van der Waals surface area contributed by atoms with E-state index in [2.05, 4.69) is 25.9 Å². The lowest BCUT2D eigenvalue weighted by molar-refractivity contribution is -0.139. The highest BCUT2D eigenvalue weighted by molar-refractivity contribution is 6.13. The van der Waals surface area contributed by atoms with Crippen molar-refractivity contribution < 1.29 is 24.3 Å². The average Bonchev–Trinajstić information content (AvgIpc) is 3.68. The number of rotatable bonds is 11. The number of fused-ring (bicyclic) bond motifs is 2. The summed E-state index contributed by atoms with van der Waals surface area (Å²) in [4.78, 5) is 58.2. The Hall–Kier alpha value is -6.16. The fraction of sp³-hybridized carbons (Fsp3) is 0.111. The van der Waals surface area contributed by atoms with Crippen LogP contribution in [0, 0.1) is 0 Å². The zero-order valence-corrected chi connectivity index (χ0v) is 24.7. The second-order valence-electron chi connectivity index (χ2n) is 10.9. The number of hydrogen-bond acceptors (Lipinski definition) is 4. The van der Waals surface area contributed by atoms with Crippen molar-refractivity contribution in [2.75, 3.05) is 10.6 Å². The van der Waals surface area contributed by atoms with Crippen LogP contribution in [-0.4, -0.2) is 44.8 Å². The number of carboxylic acids is 1. The highest BCUT2D eigenvalue weighted by Crippen LogP contribution is 2.23. The van der Waals surface area contributed by atoms with Crippen LogP contribution in [0.3, 0.4) is 0 Å². The predicted octanol–water partition coefficient (Wildman–Crippen LogP) is 5.90. The maximum atomic E-state index is 13.5. The summed E-state index contributed by atoms with van der Waals surface area (Å²) in [6.45, 7) is 0. The van der Waals surface area contributed by atoms with Gasteiger partial charge in [-0.05, 0) is 53.9 Å². The summed E-state index contributed by atoms with van der Waals surface area (Å²) >= 11 is 0. The molecule has 0 saturated heterocycles. The molecule has 2 aromatic heterocycles. The molecule has 10 nitrogen and oxygen atoms in total. The first-order valence-electron chi connectivity index (χ1n) is 14.8. The summed E-state index contributed by atoms with van der Waals surface area (Å²) in [7, 11) is 0. The molecule has 6 aromatic rings. The molecule has 0 bridgehead atoms. The summed E-state index contributed by atoms with van der Waals surface area (Å²) in [6.07, 6.45) is 4.43. The van der Waals surface area contributed by atoms with E-state index in [0.717, 1.165) is 32.9 Å². The molecule has 0 radical (unpaired) electrons. The van der Waals surface area contributed by atoms with Crippen molar-refractivity contribution >= 4 is 56.9 Å². The highest BCUT2D eigenvalue weighted by atomic mass is 16.4. The molecule has 0 spiro atoms. The SMILES string of the molecule is O=C(CCc1c[nH]c2ccccc12)Nc1ccccc1C(=O)Nc1ccccc1C(=O)N[C@H](Cc1c[nH]c2ccccc12)C(=O)O. The second-order valence-corrected chi connectivity index (χ2v) is 10.9. The molecular formula is C36H31N5O5. The molecule has 2 heterocycles. The van der Waals surface area contributed by atoms with E-state index in [1.54, 1.807) is 48.7 Å². The van der Waals surface area contributed by atoms with Crippen molar-refractivity contribution in [1.29, 1.82) is 0 Å². The maximum Gasteiger partial charge on any atom is 0.326 e. The molecule has 0 aliphatic rings. The van der Waals surface area contributed by atoms with E-state index >= 15 is 0 Å².